The molecule has 1 heterocycles. The Balaban J connectivity index is 2.90. The van der Waals surface area contributed by atoms with E-state index in [0.717, 1.165) is 11.1 Å². The zero-order valence-electron chi connectivity index (χ0n) is 8.52. The first-order chi connectivity index (χ1) is 7.09. The van der Waals surface area contributed by atoms with Crippen LogP contribution in [0.2, 0.25) is 0 Å². The van der Waals surface area contributed by atoms with Gasteiger partial charge in [-0.15, -0.1) is 0 Å². The van der Waals surface area contributed by atoms with Crippen LogP contribution in [0.5, 0.6) is 0 Å². The summed E-state index contributed by atoms with van der Waals surface area (Å²) < 4.78 is 0. The third-order valence-electron chi connectivity index (χ3n) is 2.36. The minimum atomic E-state index is -0.371. The second kappa shape index (κ2) is 3.31. The van der Waals surface area contributed by atoms with Gasteiger partial charge in [-0.05, 0) is 19.9 Å². The number of fused-ring (bicyclic) bond motifs is 1. The van der Waals surface area contributed by atoms with Crippen molar-refractivity contribution in [2.24, 2.45) is 0 Å². The fourth-order valence-corrected chi connectivity index (χ4v) is 1.60. The van der Waals surface area contributed by atoms with Gasteiger partial charge in [0, 0.05) is 16.6 Å². The summed E-state index contributed by atoms with van der Waals surface area (Å²) in [7, 11) is 0. The summed E-state index contributed by atoms with van der Waals surface area (Å²) in [6.07, 6.45) is 0. The van der Waals surface area contributed by atoms with Crippen molar-refractivity contribution < 1.29 is 4.92 Å². The Hall–Kier alpha value is -1.97. The molecule has 0 amide bonds. The maximum atomic E-state index is 10.9. The number of aromatic nitrogens is 1. The first-order valence-corrected chi connectivity index (χ1v) is 4.61. The van der Waals surface area contributed by atoms with Crippen molar-refractivity contribution in [3.63, 3.8) is 0 Å². The van der Waals surface area contributed by atoms with E-state index < -0.39 is 0 Å². The highest BCUT2D eigenvalue weighted by atomic mass is 16.6. The van der Waals surface area contributed by atoms with Crippen molar-refractivity contribution in [2.45, 2.75) is 13.8 Å². The van der Waals surface area contributed by atoms with Gasteiger partial charge in [0.15, 0.2) is 0 Å². The molecule has 0 fully saturated rings. The van der Waals surface area contributed by atoms with Gasteiger partial charge in [0.2, 0.25) is 0 Å². The SMILES string of the molecule is Cc1ccc2ccc(C)c([N+](=O)[O-])c2n1. The summed E-state index contributed by atoms with van der Waals surface area (Å²) in [5.74, 6) is 0. The predicted octanol–water partition coefficient (Wildman–Crippen LogP) is 2.76. The van der Waals surface area contributed by atoms with Gasteiger partial charge >= 0.3 is 0 Å². The number of pyridine rings is 1. The molecule has 0 saturated heterocycles. The third-order valence-corrected chi connectivity index (χ3v) is 2.36. The quantitative estimate of drug-likeness (QED) is 0.527. The fourth-order valence-electron chi connectivity index (χ4n) is 1.60. The lowest BCUT2D eigenvalue weighted by molar-refractivity contribution is -0.383. The van der Waals surface area contributed by atoms with Crippen molar-refractivity contribution in [2.75, 3.05) is 0 Å². The van der Waals surface area contributed by atoms with Gasteiger partial charge in [-0.2, -0.15) is 0 Å². The van der Waals surface area contributed by atoms with E-state index in [2.05, 4.69) is 4.98 Å². The van der Waals surface area contributed by atoms with Crippen molar-refractivity contribution in [1.29, 1.82) is 0 Å². The number of nitro groups is 1. The standard InChI is InChI=1S/C11H10N2O2/c1-7-3-5-9-6-4-8(2)12-10(9)11(7)13(14)15/h3-6H,1-2H3. The Kier molecular flexibility index (Phi) is 2.11. The molecule has 0 N–H and O–H groups in total. The Labute approximate surface area is 86.7 Å². The molecule has 0 bridgehead atoms. The molecule has 0 saturated carbocycles. The topological polar surface area (TPSA) is 56.0 Å². The number of hydrogen-bond acceptors (Lipinski definition) is 3. The molecule has 0 aliphatic carbocycles. The van der Waals surface area contributed by atoms with Gasteiger partial charge in [0.25, 0.3) is 5.69 Å². The number of rotatable bonds is 1. The van der Waals surface area contributed by atoms with Gasteiger partial charge in [0.1, 0.15) is 5.52 Å². The van der Waals surface area contributed by atoms with E-state index in [1.54, 1.807) is 13.0 Å². The van der Waals surface area contributed by atoms with Gasteiger partial charge < -0.3 is 0 Å². The summed E-state index contributed by atoms with van der Waals surface area (Å²) in [4.78, 5) is 14.8. The number of benzene rings is 1. The molecule has 76 valence electrons. The van der Waals surface area contributed by atoms with E-state index >= 15 is 0 Å². The number of nitro benzene ring substituents is 1. The van der Waals surface area contributed by atoms with Crippen LogP contribution in [0.1, 0.15) is 11.3 Å². The van der Waals surface area contributed by atoms with Crippen LogP contribution in [0, 0.1) is 24.0 Å². The van der Waals surface area contributed by atoms with Crippen molar-refractivity contribution in [3.05, 3.63) is 45.6 Å². The van der Waals surface area contributed by atoms with Crippen LogP contribution in [-0.4, -0.2) is 9.91 Å². The monoisotopic (exact) mass is 202 g/mol. The summed E-state index contributed by atoms with van der Waals surface area (Å²) in [6, 6.07) is 7.30. The second-order valence-corrected chi connectivity index (χ2v) is 3.51. The lowest BCUT2D eigenvalue weighted by atomic mass is 10.1. The van der Waals surface area contributed by atoms with E-state index in [9.17, 15) is 10.1 Å². The minimum Gasteiger partial charge on any atom is -0.258 e. The molecule has 2 aromatic rings. The van der Waals surface area contributed by atoms with Crippen molar-refractivity contribution in [1.82, 2.24) is 4.98 Å². The average molecular weight is 202 g/mol. The molecular weight excluding hydrogens is 192 g/mol. The predicted molar refractivity (Wildman–Crippen MR) is 57.9 cm³/mol. The molecule has 0 radical (unpaired) electrons. The summed E-state index contributed by atoms with van der Waals surface area (Å²) in [5, 5.41) is 11.7. The van der Waals surface area contributed by atoms with Crippen LogP contribution in [0.3, 0.4) is 0 Å². The second-order valence-electron chi connectivity index (χ2n) is 3.51. The Morgan fingerprint density at radius 1 is 1.20 bits per heavy atom. The number of nitrogens with zero attached hydrogens (tertiary/aromatic N) is 2. The van der Waals surface area contributed by atoms with Crippen LogP contribution in [-0.2, 0) is 0 Å². The lowest BCUT2D eigenvalue weighted by Crippen LogP contribution is -1.95. The zero-order valence-corrected chi connectivity index (χ0v) is 8.52. The molecule has 2 rings (SSSR count). The largest absolute Gasteiger partial charge is 0.298 e. The van der Waals surface area contributed by atoms with Gasteiger partial charge in [0.05, 0.1) is 4.92 Å². The van der Waals surface area contributed by atoms with E-state index in [4.69, 9.17) is 0 Å². The zero-order chi connectivity index (χ0) is 11.0. The maximum absolute atomic E-state index is 10.9. The molecule has 0 atom stereocenters. The molecule has 0 aliphatic rings. The van der Waals surface area contributed by atoms with Crippen LogP contribution in [0.15, 0.2) is 24.3 Å². The molecule has 1 aromatic heterocycles. The molecule has 4 heteroatoms. The molecule has 4 nitrogen and oxygen atoms in total. The van der Waals surface area contributed by atoms with E-state index in [0.29, 0.717) is 11.1 Å². The summed E-state index contributed by atoms with van der Waals surface area (Å²) in [5.41, 5.74) is 2.01. The minimum absolute atomic E-state index is 0.108. The van der Waals surface area contributed by atoms with Crippen molar-refractivity contribution in [3.8, 4) is 0 Å². The van der Waals surface area contributed by atoms with E-state index in [1.165, 1.54) is 0 Å². The first kappa shape index (κ1) is 9.58. The molecule has 15 heavy (non-hydrogen) atoms. The van der Waals surface area contributed by atoms with Crippen molar-refractivity contribution >= 4 is 16.6 Å². The smallest absolute Gasteiger partial charge is 0.258 e. The highest BCUT2D eigenvalue weighted by Gasteiger charge is 2.16. The summed E-state index contributed by atoms with van der Waals surface area (Å²) >= 11 is 0. The summed E-state index contributed by atoms with van der Waals surface area (Å²) in [6.45, 7) is 3.55. The van der Waals surface area contributed by atoms with E-state index in [1.807, 2.05) is 25.1 Å². The lowest BCUT2D eigenvalue weighted by Gasteiger charge is -2.02. The fraction of sp³-hybridized carbons (Fsp3) is 0.182. The molecular formula is C11H10N2O2. The van der Waals surface area contributed by atoms with Crippen LogP contribution < -0.4 is 0 Å². The van der Waals surface area contributed by atoms with Crippen LogP contribution in [0.25, 0.3) is 10.9 Å². The highest BCUT2D eigenvalue weighted by Crippen LogP contribution is 2.27. The first-order valence-electron chi connectivity index (χ1n) is 4.61. The van der Waals surface area contributed by atoms with Gasteiger partial charge in [-0.25, -0.2) is 4.98 Å². The number of hydrogen-bond donors (Lipinski definition) is 0. The number of aryl methyl sites for hydroxylation is 2. The molecule has 0 unspecified atom stereocenters. The van der Waals surface area contributed by atoms with Crippen LogP contribution >= 0.6 is 0 Å². The van der Waals surface area contributed by atoms with Gasteiger partial charge in [-0.1, -0.05) is 18.2 Å². The van der Waals surface area contributed by atoms with Gasteiger partial charge in [-0.3, -0.25) is 10.1 Å². The molecule has 0 spiro atoms. The Morgan fingerprint density at radius 3 is 2.53 bits per heavy atom. The molecule has 1 aromatic carbocycles. The molecule has 0 aliphatic heterocycles. The van der Waals surface area contributed by atoms with Crippen LogP contribution in [0.4, 0.5) is 5.69 Å². The normalized spacial score (nSPS) is 10.5. The average Bonchev–Trinajstić information content (AvgIpc) is 2.16. The van der Waals surface area contributed by atoms with E-state index in [-0.39, 0.29) is 10.6 Å². The third kappa shape index (κ3) is 1.54. The maximum Gasteiger partial charge on any atom is 0.298 e. The highest BCUT2D eigenvalue weighted by molar-refractivity contribution is 5.88. The Morgan fingerprint density at radius 2 is 1.87 bits per heavy atom. The Bertz CT molecular complexity index is 544.